The van der Waals surface area contributed by atoms with Crippen LogP contribution in [0.2, 0.25) is 0 Å². The van der Waals surface area contributed by atoms with Crippen LogP contribution >= 0.6 is 8.37 Å². The monoisotopic (exact) mass is 300 g/mol. The summed E-state index contributed by atoms with van der Waals surface area (Å²) in [6.07, 6.45) is 4.45. The average Bonchev–Trinajstić information content (AvgIpc) is 2.36. The molecule has 118 valence electrons. The Balaban J connectivity index is 2.68. The second kappa shape index (κ2) is 7.84. The Morgan fingerprint density at radius 1 is 1.25 bits per heavy atom. The van der Waals surface area contributed by atoms with Gasteiger partial charge < -0.3 is 0 Å². The number of nitrogens with zero attached hydrogens (tertiary/aromatic N) is 4. The van der Waals surface area contributed by atoms with Crippen molar-refractivity contribution < 1.29 is 0 Å². The van der Waals surface area contributed by atoms with Crippen molar-refractivity contribution in [1.29, 1.82) is 0 Å². The molecule has 0 saturated carbocycles. The smallest absolute Gasteiger partial charge is 0.119 e. The molecule has 0 bridgehead atoms. The molecule has 20 heavy (non-hydrogen) atoms. The van der Waals surface area contributed by atoms with Crippen LogP contribution in [-0.2, 0) is 0 Å². The fourth-order valence-electron chi connectivity index (χ4n) is 2.61. The molecule has 2 atom stereocenters. The van der Waals surface area contributed by atoms with E-state index in [9.17, 15) is 0 Å². The van der Waals surface area contributed by atoms with Crippen LogP contribution in [0.25, 0.3) is 0 Å². The van der Waals surface area contributed by atoms with Crippen molar-refractivity contribution in [3.05, 3.63) is 0 Å². The summed E-state index contributed by atoms with van der Waals surface area (Å²) in [5.41, 5.74) is 0.0492. The Morgan fingerprint density at radius 3 is 2.35 bits per heavy atom. The minimum atomic E-state index is -0.303. The van der Waals surface area contributed by atoms with Crippen LogP contribution in [0.4, 0.5) is 0 Å². The number of hydrogen-bond donors (Lipinski definition) is 0. The van der Waals surface area contributed by atoms with Crippen molar-refractivity contribution in [2.24, 2.45) is 4.99 Å². The first-order valence-corrected chi connectivity index (χ1v) is 9.02. The lowest BCUT2D eigenvalue weighted by atomic mass is 10.1. The molecule has 1 rings (SSSR count). The van der Waals surface area contributed by atoms with Crippen LogP contribution in [0.5, 0.6) is 0 Å². The van der Waals surface area contributed by atoms with Crippen LogP contribution in [0.1, 0.15) is 47.5 Å². The third-order valence-corrected chi connectivity index (χ3v) is 6.51. The van der Waals surface area contributed by atoms with E-state index in [-0.39, 0.29) is 13.9 Å². The maximum absolute atomic E-state index is 4.64. The van der Waals surface area contributed by atoms with Crippen LogP contribution in [0.15, 0.2) is 4.99 Å². The van der Waals surface area contributed by atoms with Crippen LogP contribution in [-0.4, -0.2) is 65.5 Å². The average molecular weight is 300 g/mol. The number of hydrogen-bond acceptors (Lipinski definition) is 4. The van der Waals surface area contributed by atoms with Crippen molar-refractivity contribution in [3.63, 3.8) is 0 Å². The molecule has 0 spiro atoms. The van der Waals surface area contributed by atoms with Crippen LogP contribution < -0.4 is 0 Å². The normalized spacial score (nSPS) is 26.8. The van der Waals surface area contributed by atoms with E-state index in [1.54, 1.807) is 0 Å². The summed E-state index contributed by atoms with van der Waals surface area (Å²) < 4.78 is 7.70. The number of rotatable bonds is 5. The minimum absolute atomic E-state index is 0.0492. The molecule has 0 aromatic heterocycles. The standard InChI is InChI=1S/C15H33N4P/c1-8-19(9-2)20-17(6)13-11-14(18(20)7)10-12-16-15(3,4)5/h12,14H,8-11,13H2,1-7H3. The summed E-state index contributed by atoms with van der Waals surface area (Å²) in [4.78, 5) is 4.64. The fraction of sp³-hybridized carbons (Fsp3) is 0.933. The summed E-state index contributed by atoms with van der Waals surface area (Å²) in [6.45, 7) is 14.4. The van der Waals surface area contributed by atoms with Gasteiger partial charge in [0.2, 0.25) is 0 Å². The van der Waals surface area contributed by atoms with Crippen LogP contribution in [0, 0.1) is 0 Å². The van der Waals surface area contributed by atoms with Gasteiger partial charge in [-0.2, -0.15) is 0 Å². The van der Waals surface area contributed by atoms with E-state index in [1.165, 1.54) is 13.0 Å². The van der Waals surface area contributed by atoms with E-state index in [2.05, 4.69) is 73.9 Å². The highest BCUT2D eigenvalue weighted by Crippen LogP contribution is 2.50. The minimum Gasteiger partial charge on any atom is -0.292 e. The van der Waals surface area contributed by atoms with Gasteiger partial charge in [0.05, 0.1) is 5.54 Å². The van der Waals surface area contributed by atoms with Gasteiger partial charge in [0.25, 0.3) is 0 Å². The van der Waals surface area contributed by atoms with Crippen molar-refractivity contribution in [2.45, 2.75) is 59.0 Å². The molecule has 0 aromatic carbocycles. The predicted octanol–water partition coefficient (Wildman–Crippen LogP) is 3.45. The van der Waals surface area contributed by atoms with E-state index < -0.39 is 0 Å². The highest BCUT2D eigenvalue weighted by atomic mass is 31.2. The highest BCUT2D eigenvalue weighted by Gasteiger charge is 2.34. The molecule has 0 aromatic rings. The molecule has 1 heterocycles. The molecule has 4 nitrogen and oxygen atoms in total. The van der Waals surface area contributed by atoms with Crippen molar-refractivity contribution in [1.82, 2.24) is 14.0 Å². The summed E-state index contributed by atoms with van der Waals surface area (Å²) in [7, 11) is 4.25. The first-order chi connectivity index (χ1) is 9.30. The van der Waals surface area contributed by atoms with Gasteiger partial charge in [-0.15, -0.1) is 0 Å². The Labute approximate surface area is 127 Å². The zero-order chi connectivity index (χ0) is 15.3. The predicted molar refractivity (Wildman–Crippen MR) is 91.5 cm³/mol. The molecule has 0 radical (unpaired) electrons. The summed E-state index contributed by atoms with van der Waals surface area (Å²) >= 11 is 0. The summed E-state index contributed by atoms with van der Waals surface area (Å²) in [5, 5.41) is 0. The van der Waals surface area contributed by atoms with Gasteiger partial charge in [-0.1, -0.05) is 13.8 Å². The van der Waals surface area contributed by atoms with Crippen LogP contribution in [0.3, 0.4) is 0 Å². The van der Waals surface area contributed by atoms with Gasteiger partial charge in [-0.25, -0.2) is 0 Å². The zero-order valence-electron chi connectivity index (χ0n) is 14.4. The molecule has 0 N–H and O–H groups in total. The van der Waals surface area contributed by atoms with Crippen molar-refractivity contribution in [3.8, 4) is 0 Å². The highest BCUT2D eigenvalue weighted by molar-refractivity contribution is 7.50. The Hall–Kier alpha value is -0.0200. The third kappa shape index (κ3) is 5.07. The van der Waals surface area contributed by atoms with E-state index in [1.807, 2.05) is 0 Å². The molecule has 0 aliphatic carbocycles. The quantitative estimate of drug-likeness (QED) is 0.573. The van der Waals surface area contributed by atoms with E-state index in [0.717, 1.165) is 19.5 Å². The van der Waals surface area contributed by atoms with E-state index >= 15 is 0 Å². The van der Waals surface area contributed by atoms with E-state index in [0.29, 0.717) is 6.04 Å². The Kier molecular flexibility index (Phi) is 7.07. The lowest BCUT2D eigenvalue weighted by Gasteiger charge is -2.48. The summed E-state index contributed by atoms with van der Waals surface area (Å²) in [5.74, 6) is 0. The van der Waals surface area contributed by atoms with Gasteiger partial charge in [0.1, 0.15) is 8.37 Å². The molecular weight excluding hydrogens is 267 g/mol. The maximum Gasteiger partial charge on any atom is 0.119 e. The lowest BCUT2D eigenvalue weighted by molar-refractivity contribution is 0.263. The molecule has 1 saturated heterocycles. The first-order valence-electron chi connectivity index (χ1n) is 7.82. The largest absolute Gasteiger partial charge is 0.292 e. The molecule has 5 heteroatoms. The third-order valence-electron chi connectivity index (χ3n) is 3.74. The van der Waals surface area contributed by atoms with Gasteiger partial charge in [0, 0.05) is 31.9 Å². The Morgan fingerprint density at radius 2 is 1.85 bits per heavy atom. The second-order valence-electron chi connectivity index (χ2n) is 6.52. The van der Waals surface area contributed by atoms with Gasteiger partial charge in [-0.3, -0.25) is 19.0 Å². The zero-order valence-corrected chi connectivity index (χ0v) is 15.3. The fourth-order valence-corrected chi connectivity index (χ4v) is 5.22. The molecule has 1 fully saturated rings. The van der Waals surface area contributed by atoms with Crippen molar-refractivity contribution >= 4 is 14.6 Å². The van der Waals surface area contributed by atoms with Gasteiger partial charge >= 0.3 is 0 Å². The van der Waals surface area contributed by atoms with E-state index in [4.69, 9.17) is 0 Å². The lowest BCUT2D eigenvalue weighted by Crippen LogP contribution is -2.45. The molecule has 1 aliphatic heterocycles. The molecule has 0 amide bonds. The Bertz CT molecular complexity index is 309. The van der Waals surface area contributed by atoms with Gasteiger partial charge in [-0.05, 0) is 47.7 Å². The van der Waals surface area contributed by atoms with Gasteiger partial charge in [0.15, 0.2) is 0 Å². The first kappa shape index (κ1) is 18.0. The summed E-state index contributed by atoms with van der Waals surface area (Å²) in [6, 6.07) is 0.629. The molecule has 1 aliphatic rings. The van der Waals surface area contributed by atoms with Crippen molar-refractivity contribution in [2.75, 3.05) is 33.7 Å². The topological polar surface area (TPSA) is 22.1 Å². The molecule has 2 unspecified atom stereocenters. The molecular formula is C15H33N4P. The second-order valence-corrected chi connectivity index (χ2v) is 8.94. The maximum atomic E-state index is 4.64. The number of aliphatic imine (C=N–C) groups is 1. The SMILES string of the molecule is CCN(CC)P1N(C)CCC(CC=NC(C)(C)C)N1C.